The number of rotatable bonds is 2. The molecule has 1 saturated heterocycles. The van der Waals surface area contributed by atoms with E-state index >= 15 is 0 Å². The summed E-state index contributed by atoms with van der Waals surface area (Å²) in [4.78, 5) is 24.0. The van der Waals surface area contributed by atoms with Crippen LogP contribution >= 0.6 is 0 Å². The Hall–Kier alpha value is -0.900. The Balaban J connectivity index is 2.62. The number of nitrogens with two attached hydrogens (primary N) is 1. The van der Waals surface area contributed by atoms with Gasteiger partial charge in [0.05, 0.1) is 5.54 Å². The van der Waals surface area contributed by atoms with E-state index in [0.29, 0.717) is 25.9 Å². The number of carbonyl (C=O) groups is 2. The van der Waals surface area contributed by atoms with E-state index in [1.165, 1.54) is 0 Å². The highest BCUT2D eigenvalue weighted by atomic mass is 16.1. The highest BCUT2D eigenvalue weighted by molar-refractivity contribution is 5.84. The van der Waals surface area contributed by atoms with Crippen molar-refractivity contribution in [2.24, 2.45) is 5.73 Å². The van der Waals surface area contributed by atoms with Crippen LogP contribution in [0.3, 0.4) is 0 Å². The Morgan fingerprint density at radius 3 is 2.23 bits per heavy atom. The third-order valence-electron chi connectivity index (χ3n) is 2.71. The molecule has 0 bridgehead atoms. The summed E-state index contributed by atoms with van der Waals surface area (Å²) in [7, 11) is 0. The summed E-state index contributed by atoms with van der Waals surface area (Å²) in [5.41, 5.74) is 4.65. The number of carbonyl (C=O) groups excluding carboxylic acids is 2. The summed E-state index contributed by atoms with van der Waals surface area (Å²) in [6.07, 6.45) is 1.08. The first-order valence-corrected chi connectivity index (χ1v) is 4.51. The molecule has 1 rings (SSSR count). The van der Waals surface area contributed by atoms with Crippen LogP contribution in [-0.4, -0.2) is 35.2 Å². The average molecular weight is 184 g/mol. The summed E-state index contributed by atoms with van der Waals surface area (Å²) < 4.78 is 0. The number of hydrogen-bond acceptors (Lipinski definition) is 3. The van der Waals surface area contributed by atoms with Gasteiger partial charge in [-0.3, -0.25) is 14.5 Å². The lowest BCUT2D eigenvalue weighted by Crippen LogP contribution is -2.55. The van der Waals surface area contributed by atoms with Crippen LogP contribution in [0.5, 0.6) is 0 Å². The fourth-order valence-electron chi connectivity index (χ4n) is 1.47. The third kappa shape index (κ3) is 2.06. The predicted octanol–water partition coefficient (Wildman–Crippen LogP) is -0.0848. The maximum atomic E-state index is 11.1. The Morgan fingerprint density at radius 2 is 1.85 bits per heavy atom. The Bertz CT molecular complexity index is 226. The van der Waals surface area contributed by atoms with Gasteiger partial charge in [-0.05, 0) is 13.8 Å². The van der Waals surface area contributed by atoms with E-state index in [0.717, 1.165) is 0 Å². The number of amides is 1. The van der Waals surface area contributed by atoms with Crippen molar-refractivity contribution in [1.82, 2.24) is 4.90 Å². The molecule has 0 radical (unpaired) electrons. The molecule has 1 aliphatic heterocycles. The number of Topliss-reactive ketones (excluding diaryl/α,β-unsaturated/α-hetero) is 1. The average Bonchev–Trinajstić information content (AvgIpc) is 2.04. The van der Waals surface area contributed by atoms with Crippen LogP contribution in [0.4, 0.5) is 0 Å². The minimum Gasteiger partial charge on any atom is -0.368 e. The zero-order chi connectivity index (χ0) is 10.1. The summed E-state index contributed by atoms with van der Waals surface area (Å²) in [6.45, 7) is 4.89. The minimum absolute atomic E-state index is 0.275. The molecule has 0 aromatic carbocycles. The standard InChI is InChI=1S/C9H16N2O2/c1-9(2,8(10)13)11-5-3-7(12)4-6-11/h3-6H2,1-2H3,(H2,10,13). The second-order valence-corrected chi connectivity index (χ2v) is 3.95. The molecule has 1 heterocycles. The van der Waals surface area contributed by atoms with E-state index < -0.39 is 5.54 Å². The fraction of sp³-hybridized carbons (Fsp3) is 0.778. The van der Waals surface area contributed by atoms with E-state index in [2.05, 4.69) is 0 Å². The van der Waals surface area contributed by atoms with Gasteiger partial charge in [0, 0.05) is 25.9 Å². The minimum atomic E-state index is -0.624. The van der Waals surface area contributed by atoms with Crippen LogP contribution < -0.4 is 5.73 Å². The van der Waals surface area contributed by atoms with Crippen molar-refractivity contribution >= 4 is 11.7 Å². The van der Waals surface area contributed by atoms with E-state index in [-0.39, 0.29) is 11.7 Å². The molecule has 1 amide bonds. The van der Waals surface area contributed by atoms with E-state index in [1.807, 2.05) is 4.90 Å². The lowest BCUT2D eigenvalue weighted by Gasteiger charge is -2.37. The molecule has 0 unspecified atom stereocenters. The molecule has 4 heteroatoms. The van der Waals surface area contributed by atoms with Crippen LogP contribution in [0.2, 0.25) is 0 Å². The van der Waals surface area contributed by atoms with Crippen molar-refractivity contribution < 1.29 is 9.59 Å². The molecule has 4 nitrogen and oxygen atoms in total. The van der Waals surface area contributed by atoms with Crippen LogP contribution in [0.15, 0.2) is 0 Å². The zero-order valence-corrected chi connectivity index (χ0v) is 8.17. The smallest absolute Gasteiger partial charge is 0.237 e. The Morgan fingerprint density at radius 1 is 1.38 bits per heavy atom. The van der Waals surface area contributed by atoms with Crippen molar-refractivity contribution in [1.29, 1.82) is 0 Å². The van der Waals surface area contributed by atoms with E-state index in [1.54, 1.807) is 13.8 Å². The lowest BCUT2D eigenvalue weighted by atomic mass is 9.98. The first-order valence-electron chi connectivity index (χ1n) is 4.51. The molecule has 2 N–H and O–H groups in total. The predicted molar refractivity (Wildman–Crippen MR) is 49.1 cm³/mol. The molecule has 1 fully saturated rings. The number of piperidine rings is 1. The van der Waals surface area contributed by atoms with Crippen molar-refractivity contribution in [3.05, 3.63) is 0 Å². The van der Waals surface area contributed by atoms with Crippen molar-refractivity contribution in [2.45, 2.75) is 32.2 Å². The first kappa shape index (κ1) is 10.2. The molecule has 74 valence electrons. The van der Waals surface area contributed by atoms with Gasteiger partial charge in [-0.1, -0.05) is 0 Å². The second-order valence-electron chi connectivity index (χ2n) is 3.95. The number of ketones is 1. The van der Waals surface area contributed by atoms with Gasteiger partial charge >= 0.3 is 0 Å². The summed E-state index contributed by atoms with van der Waals surface area (Å²) in [5, 5.41) is 0. The van der Waals surface area contributed by atoms with Gasteiger partial charge in [0.25, 0.3) is 0 Å². The Labute approximate surface area is 78.1 Å². The van der Waals surface area contributed by atoms with Gasteiger partial charge in [0.2, 0.25) is 5.91 Å². The van der Waals surface area contributed by atoms with E-state index in [4.69, 9.17) is 5.73 Å². The molecule has 0 aromatic rings. The van der Waals surface area contributed by atoms with Crippen LogP contribution in [0, 0.1) is 0 Å². The molecule has 0 saturated carbocycles. The lowest BCUT2D eigenvalue weighted by molar-refractivity contribution is -0.132. The molecule has 0 atom stereocenters. The second kappa shape index (κ2) is 3.46. The van der Waals surface area contributed by atoms with E-state index in [9.17, 15) is 9.59 Å². The van der Waals surface area contributed by atoms with Crippen molar-refractivity contribution in [3.8, 4) is 0 Å². The highest BCUT2D eigenvalue weighted by Gasteiger charge is 2.34. The summed E-state index contributed by atoms with van der Waals surface area (Å²) >= 11 is 0. The van der Waals surface area contributed by atoms with Crippen LogP contribution in [-0.2, 0) is 9.59 Å². The quantitative estimate of drug-likeness (QED) is 0.652. The summed E-state index contributed by atoms with van der Waals surface area (Å²) in [6, 6.07) is 0. The Kier molecular flexibility index (Phi) is 2.71. The maximum Gasteiger partial charge on any atom is 0.237 e. The number of hydrogen-bond donors (Lipinski definition) is 1. The monoisotopic (exact) mass is 184 g/mol. The third-order valence-corrected chi connectivity index (χ3v) is 2.71. The highest BCUT2D eigenvalue weighted by Crippen LogP contribution is 2.18. The fourth-order valence-corrected chi connectivity index (χ4v) is 1.47. The first-order chi connectivity index (χ1) is 5.94. The molecule has 13 heavy (non-hydrogen) atoms. The number of primary amides is 1. The molecule has 0 aliphatic carbocycles. The summed E-state index contributed by atoms with van der Waals surface area (Å²) in [5.74, 6) is -0.0571. The van der Waals surface area contributed by atoms with Gasteiger partial charge in [0.15, 0.2) is 0 Å². The van der Waals surface area contributed by atoms with Crippen LogP contribution in [0.1, 0.15) is 26.7 Å². The topological polar surface area (TPSA) is 63.4 Å². The number of likely N-dealkylation sites (tertiary alicyclic amines) is 1. The van der Waals surface area contributed by atoms with Gasteiger partial charge in [-0.2, -0.15) is 0 Å². The number of nitrogens with zero attached hydrogens (tertiary/aromatic N) is 1. The molecular formula is C9H16N2O2. The van der Waals surface area contributed by atoms with Crippen molar-refractivity contribution in [3.63, 3.8) is 0 Å². The van der Waals surface area contributed by atoms with Gasteiger partial charge < -0.3 is 5.73 Å². The maximum absolute atomic E-state index is 11.1. The zero-order valence-electron chi connectivity index (χ0n) is 8.17. The van der Waals surface area contributed by atoms with Gasteiger partial charge in [0.1, 0.15) is 5.78 Å². The molecule has 1 aliphatic rings. The largest absolute Gasteiger partial charge is 0.368 e. The van der Waals surface area contributed by atoms with Crippen LogP contribution in [0.25, 0.3) is 0 Å². The SMILES string of the molecule is CC(C)(C(N)=O)N1CCC(=O)CC1. The molecule has 0 aromatic heterocycles. The molecular weight excluding hydrogens is 168 g/mol. The normalized spacial score (nSPS) is 20.3. The van der Waals surface area contributed by atoms with Gasteiger partial charge in [-0.15, -0.1) is 0 Å². The van der Waals surface area contributed by atoms with Crippen molar-refractivity contribution in [2.75, 3.05) is 13.1 Å². The van der Waals surface area contributed by atoms with Gasteiger partial charge in [-0.25, -0.2) is 0 Å². The molecule has 0 spiro atoms.